The van der Waals surface area contributed by atoms with Gasteiger partial charge in [-0.05, 0) is 55.0 Å². The second kappa shape index (κ2) is 9.76. The van der Waals surface area contributed by atoms with Crippen LogP contribution >= 0.6 is 11.3 Å². The van der Waals surface area contributed by atoms with Gasteiger partial charge in [0.25, 0.3) is 0 Å². The molecule has 6 heteroatoms. The summed E-state index contributed by atoms with van der Waals surface area (Å²) in [7, 11) is 1.69. The van der Waals surface area contributed by atoms with Crippen molar-refractivity contribution in [3.63, 3.8) is 0 Å². The third-order valence-corrected chi connectivity index (χ3v) is 5.95. The lowest BCUT2D eigenvalue weighted by Gasteiger charge is -2.32. The maximum absolute atomic E-state index is 5.29. The number of hydrogen-bond acceptors (Lipinski definition) is 4. The van der Waals surface area contributed by atoms with Crippen LogP contribution < -0.4 is 15.4 Å². The van der Waals surface area contributed by atoms with Crippen LogP contribution in [0.25, 0.3) is 0 Å². The maximum atomic E-state index is 5.29. The molecule has 1 aliphatic heterocycles. The van der Waals surface area contributed by atoms with Crippen molar-refractivity contribution in [3.05, 3.63) is 51.7 Å². The highest BCUT2D eigenvalue weighted by molar-refractivity contribution is 7.10. The van der Waals surface area contributed by atoms with Crippen molar-refractivity contribution in [1.29, 1.82) is 0 Å². The second-order valence-corrected chi connectivity index (χ2v) is 7.87. The summed E-state index contributed by atoms with van der Waals surface area (Å²) in [6, 6.07) is 10.8. The molecule has 3 rings (SSSR count). The van der Waals surface area contributed by atoms with Gasteiger partial charge in [-0.25, -0.2) is 4.99 Å². The zero-order valence-electron chi connectivity index (χ0n) is 16.5. The van der Waals surface area contributed by atoms with Crippen molar-refractivity contribution >= 4 is 17.3 Å². The summed E-state index contributed by atoms with van der Waals surface area (Å²) >= 11 is 1.89. The van der Waals surface area contributed by atoms with Crippen molar-refractivity contribution < 1.29 is 4.74 Å². The first kappa shape index (κ1) is 19.7. The summed E-state index contributed by atoms with van der Waals surface area (Å²) in [4.78, 5) is 8.83. The van der Waals surface area contributed by atoms with Gasteiger partial charge in [0.2, 0.25) is 0 Å². The van der Waals surface area contributed by atoms with Crippen LogP contribution in [0.1, 0.15) is 29.9 Å². The Hall–Kier alpha value is -2.05. The van der Waals surface area contributed by atoms with E-state index in [0.717, 1.165) is 43.5 Å². The van der Waals surface area contributed by atoms with Gasteiger partial charge in [-0.1, -0.05) is 12.1 Å². The predicted molar refractivity (Wildman–Crippen MR) is 114 cm³/mol. The normalized spacial score (nSPS) is 15.9. The van der Waals surface area contributed by atoms with Gasteiger partial charge in [-0.2, -0.15) is 0 Å². The summed E-state index contributed by atoms with van der Waals surface area (Å²) in [5.74, 6) is 1.73. The third kappa shape index (κ3) is 5.47. The van der Waals surface area contributed by atoms with E-state index in [1.165, 1.54) is 12.0 Å². The molecule has 0 saturated carbocycles. The summed E-state index contributed by atoms with van der Waals surface area (Å²) in [6.45, 7) is 8.92. The SMILES string of the molecule is CCNC(=NCc1cccc(OC)c1)NCC(C)N1CCc2sccc2C1. The second-order valence-electron chi connectivity index (χ2n) is 6.87. The van der Waals surface area contributed by atoms with Crippen LogP contribution in [-0.2, 0) is 19.5 Å². The largest absolute Gasteiger partial charge is 0.497 e. The van der Waals surface area contributed by atoms with Crippen molar-refractivity contribution in [2.24, 2.45) is 4.99 Å². The monoisotopic (exact) mass is 386 g/mol. The molecule has 2 aromatic rings. The molecule has 1 aromatic heterocycles. The van der Waals surface area contributed by atoms with E-state index in [1.807, 2.05) is 29.5 Å². The van der Waals surface area contributed by atoms with Crippen LogP contribution in [0.5, 0.6) is 5.75 Å². The zero-order chi connectivity index (χ0) is 19.1. The van der Waals surface area contributed by atoms with Crippen LogP contribution in [0.3, 0.4) is 0 Å². The van der Waals surface area contributed by atoms with Crippen LogP contribution in [0.4, 0.5) is 0 Å². The van der Waals surface area contributed by atoms with Gasteiger partial charge in [-0.15, -0.1) is 11.3 Å². The Morgan fingerprint density at radius 3 is 3.04 bits per heavy atom. The number of nitrogens with zero attached hydrogens (tertiary/aromatic N) is 2. The maximum Gasteiger partial charge on any atom is 0.191 e. The minimum Gasteiger partial charge on any atom is -0.497 e. The number of ether oxygens (including phenoxy) is 1. The Labute approximate surface area is 166 Å². The van der Waals surface area contributed by atoms with E-state index in [4.69, 9.17) is 9.73 Å². The number of methoxy groups -OCH3 is 1. The van der Waals surface area contributed by atoms with E-state index < -0.39 is 0 Å². The molecule has 1 aromatic carbocycles. The summed E-state index contributed by atoms with van der Waals surface area (Å²) < 4.78 is 5.29. The topological polar surface area (TPSA) is 48.9 Å². The molecule has 5 nitrogen and oxygen atoms in total. The van der Waals surface area contributed by atoms with Crippen LogP contribution in [-0.4, -0.2) is 43.6 Å². The van der Waals surface area contributed by atoms with E-state index in [-0.39, 0.29) is 0 Å². The first-order chi connectivity index (χ1) is 13.2. The smallest absolute Gasteiger partial charge is 0.191 e. The van der Waals surface area contributed by atoms with Gasteiger partial charge < -0.3 is 15.4 Å². The highest BCUT2D eigenvalue weighted by Gasteiger charge is 2.21. The molecule has 0 spiro atoms. The Kier molecular flexibility index (Phi) is 7.12. The molecule has 1 aliphatic rings. The fourth-order valence-electron chi connectivity index (χ4n) is 3.30. The van der Waals surface area contributed by atoms with Gasteiger partial charge in [0, 0.05) is 37.1 Å². The molecular formula is C21H30N4OS. The zero-order valence-corrected chi connectivity index (χ0v) is 17.3. The van der Waals surface area contributed by atoms with Crippen molar-refractivity contribution in [1.82, 2.24) is 15.5 Å². The minimum absolute atomic E-state index is 0.457. The number of aliphatic imine (C=N–C) groups is 1. The fraction of sp³-hybridized carbons (Fsp3) is 0.476. The molecule has 0 amide bonds. The van der Waals surface area contributed by atoms with E-state index in [1.54, 1.807) is 12.0 Å². The number of guanidine groups is 1. The van der Waals surface area contributed by atoms with Gasteiger partial charge in [0.15, 0.2) is 5.96 Å². The Bertz CT molecular complexity index is 758. The first-order valence-corrected chi connectivity index (χ1v) is 10.5. The quantitative estimate of drug-likeness (QED) is 0.566. The summed E-state index contributed by atoms with van der Waals surface area (Å²) in [5.41, 5.74) is 2.64. The van der Waals surface area contributed by atoms with E-state index in [0.29, 0.717) is 12.6 Å². The molecule has 0 aliphatic carbocycles. The molecular weight excluding hydrogens is 356 g/mol. The molecule has 2 N–H and O–H groups in total. The average Bonchev–Trinajstić information content (AvgIpc) is 3.17. The van der Waals surface area contributed by atoms with Crippen LogP contribution in [0.2, 0.25) is 0 Å². The molecule has 1 atom stereocenters. The number of hydrogen-bond donors (Lipinski definition) is 2. The lowest BCUT2D eigenvalue weighted by Crippen LogP contribution is -2.47. The highest BCUT2D eigenvalue weighted by Crippen LogP contribution is 2.24. The van der Waals surface area contributed by atoms with Gasteiger partial charge >= 0.3 is 0 Å². The summed E-state index contributed by atoms with van der Waals surface area (Å²) in [5, 5.41) is 9.06. The first-order valence-electron chi connectivity index (χ1n) is 9.64. The molecule has 146 valence electrons. The highest BCUT2D eigenvalue weighted by atomic mass is 32.1. The van der Waals surface area contributed by atoms with Gasteiger partial charge in [-0.3, -0.25) is 4.90 Å². The minimum atomic E-state index is 0.457. The van der Waals surface area contributed by atoms with Crippen LogP contribution in [0.15, 0.2) is 40.7 Å². The van der Waals surface area contributed by atoms with E-state index in [2.05, 4.69) is 46.9 Å². The van der Waals surface area contributed by atoms with Gasteiger partial charge in [0.05, 0.1) is 13.7 Å². The molecule has 0 saturated heterocycles. The standard InChI is InChI=1S/C21H30N4OS/c1-4-22-21(24-14-17-6-5-7-19(12-17)26-3)23-13-16(2)25-10-8-20-18(15-25)9-11-27-20/h5-7,9,11-12,16H,4,8,10,13-15H2,1-3H3,(H2,22,23,24). The molecule has 0 fully saturated rings. The summed E-state index contributed by atoms with van der Waals surface area (Å²) in [6.07, 6.45) is 1.17. The molecule has 27 heavy (non-hydrogen) atoms. The average molecular weight is 387 g/mol. The Morgan fingerprint density at radius 1 is 1.33 bits per heavy atom. The van der Waals surface area contributed by atoms with E-state index >= 15 is 0 Å². The van der Waals surface area contributed by atoms with E-state index in [9.17, 15) is 0 Å². The lowest BCUT2D eigenvalue weighted by molar-refractivity contribution is 0.192. The third-order valence-electron chi connectivity index (χ3n) is 4.92. The molecule has 0 bridgehead atoms. The number of nitrogens with one attached hydrogen (secondary N) is 2. The molecule has 0 radical (unpaired) electrons. The Morgan fingerprint density at radius 2 is 2.22 bits per heavy atom. The van der Waals surface area contributed by atoms with Crippen molar-refractivity contribution in [2.45, 2.75) is 39.4 Å². The predicted octanol–water partition coefficient (Wildman–Crippen LogP) is 3.26. The lowest BCUT2D eigenvalue weighted by atomic mass is 10.1. The number of rotatable bonds is 7. The van der Waals surface area contributed by atoms with Gasteiger partial charge in [0.1, 0.15) is 5.75 Å². The fourth-order valence-corrected chi connectivity index (χ4v) is 4.19. The van der Waals surface area contributed by atoms with Crippen molar-refractivity contribution in [3.8, 4) is 5.75 Å². The van der Waals surface area contributed by atoms with Crippen molar-refractivity contribution in [2.75, 3.05) is 26.7 Å². The molecule has 2 heterocycles. The number of fused-ring (bicyclic) bond motifs is 1. The van der Waals surface area contributed by atoms with Crippen LogP contribution in [0, 0.1) is 0 Å². The number of benzene rings is 1. The number of thiophene rings is 1. The Balaban J connectivity index is 1.54. The molecule has 1 unspecified atom stereocenters.